The summed E-state index contributed by atoms with van der Waals surface area (Å²) in [6.45, 7) is 4.15. The second kappa shape index (κ2) is 7.33. The number of carbonyl (C=O) groups excluding carboxylic acids is 1. The summed E-state index contributed by atoms with van der Waals surface area (Å²) in [6, 6.07) is 0.373. The number of amides is 1. The molecule has 1 N–H and O–H groups in total. The maximum absolute atomic E-state index is 11.9. The Morgan fingerprint density at radius 3 is 2.71 bits per heavy atom. The van der Waals surface area contributed by atoms with Crippen molar-refractivity contribution < 1.29 is 9.53 Å². The number of ether oxygens (including phenoxy) is 1. The zero-order valence-electron chi connectivity index (χ0n) is 12.9. The predicted octanol–water partition coefficient (Wildman–Crippen LogP) is -0.405. The van der Waals surface area contributed by atoms with E-state index in [2.05, 4.69) is 32.1 Å². The molecule has 0 spiro atoms. The highest BCUT2D eigenvalue weighted by Crippen LogP contribution is 2.12. The first-order chi connectivity index (χ1) is 10.1. The minimum Gasteiger partial charge on any atom is -0.467 e. The van der Waals surface area contributed by atoms with Crippen LogP contribution in [-0.2, 0) is 11.3 Å². The molecule has 116 valence electrons. The van der Waals surface area contributed by atoms with Gasteiger partial charge in [-0.2, -0.15) is 0 Å². The van der Waals surface area contributed by atoms with Crippen molar-refractivity contribution in [2.24, 2.45) is 5.92 Å². The highest BCUT2D eigenvalue weighted by molar-refractivity contribution is 5.78. The fraction of sp³-hybridized carbons (Fsp3) is 0.643. The lowest BCUT2D eigenvalue weighted by Gasteiger charge is -2.22. The normalized spacial score (nSPS) is 20.8. The second-order valence-electron chi connectivity index (χ2n) is 5.39. The summed E-state index contributed by atoms with van der Waals surface area (Å²) in [5.74, 6) is 0.0846. The Bertz CT molecular complexity index is 465. The minimum atomic E-state index is -0.0123. The van der Waals surface area contributed by atoms with Gasteiger partial charge in [0, 0.05) is 57.7 Å². The van der Waals surface area contributed by atoms with Crippen LogP contribution >= 0.6 is 0 Å². The van der Waals surface area contributed by atoms with E-state index in [0.29, 0.717) is 6.01 Å². The van der Waals surface area contributed by atoms with Gasteiger partial charge in [-0.15, -0.1) is 0 Å². The molecule has 1 aromatic rings. The standard InChI is InChI=1S/C14H23N5O2/c1-15-13(20)12-9-18(2)4-5-19(10-12)8-11-6-16-14(21-3)17-7-11/h6-7,12H,4-5,8-10H2,1-3H3,(H,15,20)/t12-/m0/s1. The van der Waals surface area contributed by atoms with Crippen molar-refractivity contribution in [1.29, 1.82) is 0 Å². The van der Waals surface area contributed by atoms with E-state index in [1.165, 1.54) is 0 Å². The molecule has 0 bridgehead atoms. The SMILES string of the molecule is CNC(=O)[C@H]1CN(C)CCN(Cc2cnc(OC)nc2)C1. The molecule has 1 amide bonds. The molecule has 2 rings (SSSR count). The van der Waals surface area contributed by atoms with E-state index in [1.807, 2.05) is 0 Å². The lowest BCUT2D eigenvalue weighted by Crippen LogP contribution is -2.39. The molecule has 21 heavy (non-hydrogen) atoms. The quantitative estimate of drug-likeness (QED) is 0.814. The van der Waals surface area contributed by atoms with Crippen LogP contribution in [0.15, 0.2) is 12.4 Å². The van der Waals surface area contributed by atoms with Crippen molar-refractivity contribution in [2.45, 2.75) is 6.54 Å². The van der Waals surface area contributed by atoms with Crippen LogP contribution < -0.4 is 10.1 Å². The van der Waals surface area contributed by atoms with Gasteiger partial charge >= 0.3 is 6.01 Å². The van der Waals surface area contributed by atoms with Crippen LogP contribution in [0.1, 0.15) is 5.56 Å². The topological polar surface area (TPSA) is 70.6 Å². The van der Waals surface area contributed by atoms with Crippen LogP contribution in [0, 0.1) is 5.92 Å². The van der Waals surface area contributed by atoms with Crippen LogP contribution in [-0.4, -0.2) is 73.1 Å². The third kappa shape index (κ3) is 4.37. The average Bonchev–Trinajstić information content (AvgIpc) is 2.69. The molecule has 7 nitrogen and oxygen atoms in total. The average molecular weight is 293 g/mol. The first-order valence-electron chi connectivity index (χ1n) is 7.09. The van der Waals surface area contributed by atoms with Gasteiger partial charge in [-0.05, 0) is 7.05 Å². The Morgan fingerprint density at radius 2 is 2.10 bits per heavy atom. The third-order valence-corrected chi connectivity index (χ3v) is 3.70. The molecule has 1 aliphatic heterocycles. The molecule has 0 unspecified atom stereocenters. The summed E-state index contributed by atoms with van der Waals surface area (Å²) in [6.07, 6.45) is 3.55. The van der Waals surface area contributed by atoms with Gasteiger partial charge in [0.25, 0.3) is 0 Å². The maximum atomic E-state index is 11.9. The number of nitrogens with zero attached hydrogens (tertiary/aromatic N) is 4. The Labute approximate surface area is 125 Å². The summed E-state index contributed by atoms with van der Waals surface area (Å²) in [7, 11) is 5.29. The smallest absolute Gasteiger partial charge is 0.316 e. The van der Waals surface area contributed by atoms with Gasteiger partial charge in [-0.25, -0.2) is 9.97 Å². The molecule has 1 aromatic heterocycles. The lowest BCUT2D eigenvalue weighted by atomic mass is 10.1. The predicted molar refractivity (Wildman–Crippen MR) is 78.9 cm³/mol. The lowest BCUT2D eigenvalue weighted by molar-refractivity contribution is -0.125. The van der Waals surface area contributed by atoms with Crippen molar-refractivity contribution in [3.05, 3.63) is 18.0 Å². The molecule has 0 saturated carbocycles. The van der Waals surface area contributed by atoms with Gasteiger partial charge < -0.3 is 15.0 Å². The van der Waals surface area contributed by atoms with Crippen LogP contribution in [0.25, 0.3) is 0 Å². The number of rotatable bonds is 4. The number of carbonyl (C=O) groups is 1. The molecule has 2 heterocycles. The number of aromatic nitrogens is 2. The van der Waals surface area contributed by atoms with E-state index in [1.54, 1.807) is 26.6 Å². The summed E-state index contributed by atoms with van der Waals surface area (Å²) < 4.78 is 4.96. The van der Waals surface area contributed by atoms with E-state index in [0.717, 1.165) is 38.3 Å². The molecular formula is C14H23N5O2. The number of likely N-dealkylation sites (N-methyl/N-ethyl adjacent to an activating group) is 1. The fourth-order valence-electron chi connectivity index (χ4n) is 2.54. The number of nitrogens with one attached hydrogen (secondary N) is 1. The number of methoxy groups -OCH3 is 1. The monoisotopic (exact) mass is 293 g/mol. The molecule has 1 saturated heterocycles. The highest BCUT2D eigenvalue weighted by atomic mass is 16.5. The molecular weight excluding hydrogens is 270 g/mol. The first kappa shape index (κ1) is 15.7. The fourth-order valence-corrected chi connectivity index (χ4v) is 2.54. The molecule has 1 fully saturated rings. The van der Waals surface area contributed by atoms with Crippen LogP contribution in [0.3, 0.4) is 0 Å². The Kier molecular flexibility index (Phi) is 5.46. The largest absolute Gasteiger partial charge is 0.467 e. The van der Waals surface area contributed by atoms with E-state index in [-0.39, 0.29) is 11.8 Å². The third-order valence-electron chi connectivity index (χ3n) is 3.70. The molecule has 0 aromatic carbocycles. The van der Waals surface area contributed by atoms with Gasteiger partial charge in [0.15, 0.2) is 0 Å². The molecule has 0 radical (unpaired) electrons. The van der Waals surface area contributed by atoms with Gasteiger partial charge in [-0.1, -0.05) is 0 Å². The van der Waals surface area contributed by atoms with Crippen LogP contribution in [0.5, 0.6) is 6.01 Å². The molecule has 0 aliphatic carbocycles. The Balaban J connectivity index is 2.01. The van der Waals surface area contributed by atoms with Gasteiger partial charge in [0.2, 0.25) is 5.91 Å². The van der Waals surface area contributed by atoms with Crippen LogP contribution in [0.2, 0.25) is 0 Å². The number of hydrogen-bond donors (Lipinski definition) is 1. The maximum Gasteiger partial charge on any atom is 0.316 e. The van der Waals surface area contributed by atoms with E-state index < -0.39 is 0 Å². The zero-order chi connectivity index (χ0) is 15.2. The molecule has 1 aliphatic rings. The van der Waals surface area contributed by atoms with Crippen molar-refractivity contribution in [2.75, 3.05) is 47.4 Å². The minimum absolute atomic E-state index is 0.0123. The Hall–Kier alpha value is -1.73. The Morgan fingerprint density at radius 1 is 1.38 bits per heavy atom. The second-order valence-corrected chi connectivity index (χ2v) is 5.39. The zero-order valence-corrected chi connectivity index (χ0v) is 12.9. The van der Waals surface area contributed by atoms with Crippen molar-refractivity contribution in [1.82, 2.24) is 25.1 Å². The van der Waals surface area contributed by atoms with Crippen molar-refractivity contribution >= 4 is 5.91 Å². The molecule has 7 heteroatoms. The summed E-state index contributed by atoms with van der Waals surface area (Å²) in [5.41, 5.74) is 1.02. The summed E-state index contributed by atoms with van der Waals surface area (Å²) >= 11 is 0. The van der Waals surface area contributed by atoms with Gasteiger partial charge in [-0.3, -0.25) is 9.69 Å². The summed E-state index contributed by atoms with van der Waals surface area (Å²) in [5, 5.41) is 2.75. The van der Waals surface area contributed by atoms with Gasteiger partial charge in [0.1, 0.15) is 0 Å². The number of hydrogen-bond acceptors (Lipinski definition) is 6. The van der Waals surface area contributed by atoms with Gasteiger partial charge in [0.05, 0.1) is 13.0 Å². The van der Waals surface area contributed by atoms with E-state index in [4.69, 9.17) is 4.74 Å². The first-order valence-corrected chi connectivity index (χ1v) is 7.09. The molecule has 1 atom stereocenters. The summed E-state index contributed by atoms with van der Waals surface area (Å²) in [4.78, 5) is 24.7. The van der Waals surface area contributed by atoms with E-state index in [9.17, 15) is 4.79 Å². The van der Waals surface area contributed by atoms with Crippen LogP contribution in [0.4, 0.5) is 0 Å². The van der Waals surface area contributed by atoms with Crippen molar-refractivity contribution in [3.8, 4) is 6.01 Å². The van der Waals surface area contributed by atoms with E-state index >= 15 is 0 Å². The van der Waals surface area contributed by atoms with Crippen molar-refractivity contribution in [3.63, 3.8) is 0 Å². The highest BCUT2D eigenvalue weighted by Gasteiger charge is 2.25.